The van der Waals surface area contributed by atoms with Crippen LogP contribution in [-0.2, 0) is 9.84 Å². The van der Waals surface area contributed by atoms with Gasteiger partial charge in [-0.3, -0.25) is 0 Å². The van der Waals surface area contributed by atoms with E-state index in [4.69, 9.17) is 0 Å². The van der Waals surface area contributed by atoms with Crippen LogP contribution < -0.4 is 4.90 Å². The number of rotatable bonds is 4. The van der Waals surface area contributed by atoms with E-state index in [0.717, 1.165) is 25.2 Å². The first-order chi connectivity index (χ1) is 14.4. The number of piperazine rings is 1. The lowest BCUT2D eigenvalue weighted by Gasteiger charge is -2.34. The lowest BCUT2D eigenvalue weighted by molar-refractivity contribution is 0.312. The molecule has 1 unspecified atom stereocenters. The number of hydrogen-bond donors (Lipinski definition) is 0. The first kappa shape index (κ1) is 20.2. The lowest BCUT2D eigenvalue weighted by atomic mass is 10.2. The molecule has 4 rings (SSSR count). The summed E-state index contributed by atoms with van der Waals surface area (Å²) in [5.74, 6) is -0.148. The van der Waals surface area contributed by atoms with Crippen LogP contribution in [0.1, 0.15) is 10.9 Å². The van der Waals surface area contributed by atoms with Gasteiger partial charge in [-0.05, 0) is 43.4 Å². The van der Waals surface area contributed by atoms with Crippen LogP contribution in [0.5, 0.6) is 0 Å². The minimum absolute atomic E-state index is 0.102. The summed E-state index contributed by atoms with van der Waals surface area (Å²) < 4.78 is 39.8. The molecule has 1 aromatic heterocycles. The fourth-order valence-corrected chi connectivity index (χ4v) is 4.85. The molecular formula is C21H20FN5O2S. The maximum atomic E-state index is 13.3. The Labute approximate surface area is 174 Å². The molecule has 0 saturated carbocycles. The molecule has 1 aliphatic heterocycles. The van der Waals surface area contributed by atoms with Gasteiger partial charge in [-0.25, -0.2) is 22.8 Å². The molecule has 1 aliphatic rings. The van der Waals surface area contributed by atoms with Gasteiger partial charge in [0.2, 0.25) is 9.84 Å². The van der Waals surface area contributed by atoms with Gasteiger partial charge in [-0.1, -0.05) is 12.1 Å². The second kappa shape index (κ2) is 7.97. The van der Waals surface area contributed by atoms with E-state index in [1.54, 1.807) is 12.1 Å². The minimum atomic E-state index is -4.13. The van der Waals surface area contributed by atoms with Crippen LogP contribution in [0.15, 0.2) is 53.4 Å². The summed E-state index contributed by atoms with van der Waals surface area (Å²) in [4.78, 5) is 13.2. The van der Waals surface area contributed by atoms with Crippen molar-refractivity contribution >= 4 is 26.7 Å². The van der Waals surface area contributed by atoms with Crippen molar-refractivity contribution in [2.24, 2.45) is 0 Å². The lowest BCUT2D eigenvalue weighted by Crippen LogP contribution is -2.45. The van der Waals surface area contributed by atoms with Crippen LogP contribution in [0.25, 0.3) is 11.0 Å². The van der Waals surface area contributed by atoms with Crippen LogP contribution in [0.3, 0.4) is 0 Å². The third-order valence-electron chi connectivity index (χ3n) is 5.20. The summed E-state index contributed by atoms with van der Waals surface area (Å²) in [7, 11) is -2.11. The molecular weight excluding hydrogens is 405 g/mol. The molecule has 1 fully saturated rings. The Balaban J connectivity index is 1.87. The zero-order valence-corrected chi connectivity index (χ0v) is 17.2. The molecule has 0 bridgehead atoms. The smallest absolute Gasteiger partial charge is 0.200 e. The van der Waals surface area contributed by atoms with Crippen molar-refractivity contribution in [2.75, 3.05) is 38.1 Å². The zero-order valence-electron chi connectivity index (χ0n) is 16.4. The van der Waals surface area contributed by atoms with Crippen molar-refractivity contribution in [2.45, 2.75) is 10.1 Å². The third-order valence-corrected chi connectivity index (χ3v) is 7.08. The normalized spacial score (nSPS) is 16.4. The predicted octanol–water partition coefficient (Wildman–Crippen LogP) is 2.56. The number of anilines is 1. The number of likely N-dealkylation sites (N-methyl/N-ethyl adjacent to an activating group) is 1. The highest BCUT2D eigenvalue weighted by molar-refractivity contribution is 7.92. The van der Waals surface area contributed by atoms with E-state index in [1.165, 1.54) is 12.1 Å². The Bertz CT molecular complexity index is 1220. The Morgan fingerprint density at radius 2 is 1.60 bits per heavy atom. The van der Waals surface area contributed by atoms with Crippen molar-refractivity contribution in [1.82, 2.24) is 14.9 Å². The number of nitrogens with zero attached hydrogens (tertiary/aromatic N) is 5. The molecule has 0 aliphatic carbocycles. The van der Waals surface area contributed by atoms with Gasteiger partial charge in [-0.15, -0.1) is 0 Å². The highest BCUT2D eigenvalue weighted by Crippen LogP contribution is 2.34. The van der Waals surface area contributed by atoms with Crippen molar-refractivity contribution < 1.29 is 12.8 Å². The van der Waals surface area contributed by atoms with Crippen molar-refractivity contribution in [1.29, 1.82) is 5.26 Å². The van der Waals surface area contributed by atoms with Gasteiger partial charge in [0.15, 0.2) is 11.1 Å². The fraction of sp³-hybridized carbons (Fsp3) is 0.286. The van der Waals surface area contributed by atoms with Gasteiger partial charge in [0.1, 0.15) is 11.5 Å². The predicted molar refractivity (Wildman–Crippen MR) is 111 cm³/mol. The summed E-state index contributed by atoms with van der Waals surface area (Å²) in [6.45, 7) is 2.86. The van der Waals surface area contributed by atoms with Crippen molar-refractivity contribution in [3.63, 3.8) is 0 Å². The van der Waals surface area contributed by atoms with E-state index in [1.807, 2.05) is 30.1 Å². The summed E-state index contributed by atoms with van der Waals surface area (Å²) >= 11 is 0. The molecule has 154 valence electrons. The van der Waals surface area contributed by atoms with Crippen molar-refractivity contribution in [3.05, 3.63) is 60.0 Å². The number of para-hydroxylation sites is 2. The van der Waals surface area contributed by atoms with Gasteiger partial charge >= 0.3 is 0 Å². The minimum Gasteiger partial charge on any atom is -0.352 e. The number of halogens is 1. The number of sulfone groups is 1. The van der Waals surface area contributed by atoms with Gasteiger partial charge in [0.05, 0.1) is 22.0 Å². The molecule has 0 radical (unpaired) electrons. The molecule has 2 aromatic carbocycles. The van der Waals surface area contributed by atoms with Gasteiger partial charge in [0.25, 0.3) is 0 Å². The molecule has 0 N–H and O–H groups in total. The van der Waals surface area contributed by atoms with E-state index in [2.05, 4.69) is 14.9 Å². The van der Waals surface area contributed by atoms with Crippen molar-refractivity contribution in [3.8, 4) is 6.07 Å². The molecule has 30 heavy (non-hydrogen) atoms. The number of nitriles is 1. The van der Waals surface area contributed by atoms with Gasteiger partial charge in [-0.2, -0.15) is 5.26 Å². The highest BCUT2D eigenvalue weighted by atomic mass is 32.2. The third kappa shape index (κ3) is 3.72. The molecule has 3 aromatic rings. The Hall–Kier alpha value is -3.09. The molecule has 1 saturated heterocycles. The fourth-order valence-electron chi connectivity index (χ4n) is 3.47. The monoisotopic (exact) mass is 425 g/mol. The quantitative estimate of drug-likeness (QED) is 0.594. The number of aromatic nitrogens is 2. The zero-order chi connectivity index (χ0) is 21.3. The SMILES string of the molecule is CN1CCN(c2nc3ccccc3nc2C(C#N)S(=O)(=O)c2ccc(F)cc2)CC1. The number of benzene rings is 2. The van der Waals surface area contributed by atoms with Crippen LogP contribution in [0, 0.1) is 17.1 Å². The summed E-state index contributed by atoms with van der Waals surface area (Å²) in [6, 6.07) is 13.5. The second-order valence-electron chi connectivity index (χ2n) is 7.22. The van der Waals surface area contributed by atoms with Crippen LogP contribution >= 0.6 is 0 Å². The van der Waals surface area contributed by atoms with E-state index in [-0.39, 0.29) is 10.6 Å². The van der Waals surface area contributed by atoms with E-state index >= 15 is 0 Å². The Morgan fingerprint density at radius 1 is 1.00 bits per heavy atom. The van der Waals surface area contributed by atoms with Crippen LogP contribution in [0.2, 0.25) is 0 Å². The largest absolute Gasteiger partial charge is 0.352 e. The molecule has 7 nitrogen and oxygen atoms in total. The molecule has 1 atom stereocenters. The molecule has 2 heterocycles. The Kier molecular flexibility index (Phi) is 5.37. The maximum Gasteiger partial charge on any atom is 0.200 e. The number of fused-ring (bicyclic) bond motifs is 1. The topological polar surface area (TPSA) is 90.2 Å². The first-order valence-corrected chi connectivity index (χ1v) is 11.0. The summed E-state index contributed by atoms with van der Waals surface area (Å²) in [5, 5.41) is 8.31. The van der Waals surface area contributed by atoms with E-state index in [0.29, 0.717) is 29.9 Å². The summed E-state index contributed by atoms with van der Waals surface area (Å²) in [6.07, 6.45) is 0. The average Bonchev–Trinajstić information content (AvgIpc) is 2.74. The molecule has 9 heteroatoms. The molecule has 0 spiro atoms. The maximum absolute atomic E-state index is 13.3. The van der Waals surface area contributed by atoms with Gasteiger partial charge < -0.3 is 9.80 Å². The van der Waals surface area contributed by atoms with E-state index < -0.39 is 20.9 Å². The first-order valence-electron chi connectivity index (χ1n) is 9.49. The van der Waals surface area contributed by atoms with E-state index in [9.17, 15) is 18.1 Å². The Morgan fingerprint density at radius 3 is 2.20 bits per heavy atom. The van der Waals surface area contributed by atoms with Crippen LogP contribution in [-0.4, -0.2) is 56.5 Å². The standard InChI is InChI=1S/C21H20FN5O2S/c1-26-10-12-27(13-11-26)21-20(24-17-4-2-3-5-18(17)25-21)19(14-23)30(28,29)16-8-6-15(22)7-9-16/h2-9,19H,10-13H2,1H3. The average molecular weight is 425 g/mol. The summed E-state index contributed by atoms with van der Waals surface area (Å²) in [5.41, 5.74) is 1.25. The highest BCUT2D eigenvalue weighted by Gasteiger charge is 2.35. The van der Waals surface area contributed by atoms with Crippen LogP contribution in [0.4, 0.5) is 10.2 Å². The van der Waals surface area contributed by atoms with Gasteiger partial charge in [0, 0.05) is 26.2 Å². The molecule has 0 amide bonds. The number of hydrogen-bond acceptors (Lipinski definition) is 7. The second-order valence-corrected chi connectivity index (χ2v) is 9.25.